The number of carbonyl (C=O) groups excluding carboxylic acids is 1. The lowest BCUT2D eigenvalue weighted by Gasteiger charge is -2.11. The van der Waals surface area contributed by atoms with Crippen molar-refractivity contribution in [2.24, 2.45) is 0 Å². The minimum absolute atomic E-state index is 0.0501. The number of methoxy groups -OCH3 is 1. The number of allylic oxidation sites excluding steroid dienone is 1. The number of thiophene rings is 1. The van der Waals surface area contributed by atoms with Crippen LogP contribution in [-0.2, 0) is 0 Å². The fraction of sp³-hybridized carbons (Fsp3) is 0.167. The zero-order valence-corrected chi connectivity index (χ0v) is 14.3. The molecule has 0 fully saturated rings. The normalized spacial score (nSPS) is 10.5. The second-order valence-electron chi connectivity index (χ2n) is 4.63. The maximum atomic E-state index is 12.1. The number of carbonyl (C=O) groups is 1. The van der Waals surface area contributed by atoms with Crippen molar-refractivity contribution in [3.8, 4) is 23.8 Å². The van der Waals surface area contributed by atoms with Crippen molar-refractivity contribution in [2.75, 3.05) is 13.7 Å². The molecule has 3 nitrogen and oxygen atoms in total. The number of ether oxygens (including phenoxy) is 2. The molecule has 5 heteroatoms. The minimum atomic E-state index is -0.0501. The largest absolute Gasteiger partial charge is 0.493 e. The van der Waals surface area contributed by atoms with E-state index in [1.54, 1.807) is 18.2 Å². The number of terminal acetylenes is 1. The van der Waals surface area contributed by atoms with Crippen LogP contribution in [0.15, 0.2) is 30.3 Å². The van der Waals surface area contributed by atoms with Gasteiger partial charge < -0.3 is 9.47 Å². The Morgan fingerprint density at radius 1 is 1.43 bits per heavy atom. The molecule has 0 spiro atoms. The number of halogens is 1. The van der Waals surface area contributed by atoms with Gasteiger partial charge in [-0.2, -0.15) is 0 Å². The van der Waals surface area contributed by atoms with Gasteiger partial charge in [-0.05, 0) is 42.8 Å². The summed E-state index contributed by atoms with van der Waals surface area (Å²) in [6.07, 6.45) is 8.38. The highest BCUT2D eigenvalue weighted by Crippen LogP contribution is 2.36. The van der Waals surface area contributed by atoms with Crippen LogP contribution in [-0.4, -0.2) is 19.5 Å². The molecule has 0 unspecified atom stereocenters. The Morgan fingerprint density at radius 3 is 2.83 bits per heavy atom. The average Bonchev–Trinajstić information content (AvgIpc) is 2.97. The molecule has 2 rings (SSSR count). The Balaban J connectivity index is 2.23. The van der Waals surface area contributed by atoms with E-state index >= 15 is 0 Å². The molecule has 0 aliphatic heterocycles. The standard InChI is InChI=1S/C18H15ClO3S/c1-4-9-22-18-14(19)10-13(11-16(18)21-3)6-7-15(20)17-8-5-12(2)23-17/h1,5-8,10-11H,9H2,2-3H3/b7-6+. The van der Waals surface area contributed by atoms with Crippen molar-refractivity contribution in [3.05, 3.63) is 50.7 Å². The zero-order valence-electron chi connectivity index (χ0n) is 12.8. The molecule has 0 saturated heterocycles. The summed E-state index contributed by atoms with van der Waals surface area (Å²) in [5, 5.41) is 0.374. The average molecular weight is 347 g/mol. The Kier molecular flexibility index (Phi) is 5.86. The molecule has 1 aromatic carbocycles. The fourth-order valence-electron chi connectivity index (χ4n) is 1.91. The number of benzene rings is 1. The summed E-state index contributed by atoms with van der Waals surface area (Å²) in [5.74, 6) is 3.18. The number of hydrogen-bond acceptors (Lipinski definition) is 4. The van der Waals surface area contributed by atoms with Gasteiger partial charge in [0.15, 0.2) is 17.3 Å². The van der Waals surface area contributed by atoms with Crippen molar-refractivity contribution in [3.63, 3.8) is 0 Å². The smallest absolute Gasteiger partial charge is 0.195 e. The Hall–Kier alpha value is -2.22. The van der Waals surface area contributed by atoms with Gasteiger partial charge in [0.05, 0.1) is 17.0 Å². The molecule has 1 aromatic heterocycles. The predicted molar refractivity (Wildman–Crippen MR) is 94.8 cm³/mol. The van der Waals surface area contributed by atoms with E-state index < -0.39 is 0 Å². The summed E-state index contributed by atoms with van der Waals surface area (Å²) in [6.45, 7) is 2.06. The summed E-state index contributed by atoms with van der Waals surface area (Å²) < 4.78 is 10.6. The van der Waals surface area contributed by atoms with Crippen molar-refractivity contribution >= 4 is 34.8 Å². The van der Waals surface area contributed by atoms with E-state index in [0.717, 1.165) is 10.4 Å². The summed E-state index contributed by atoms with van der Waals surface area (Å²) in [5.41, 5.74) is 0.738. The van der Waals surface area contributed by atoms with Gasteiger partial charge in [-0.3, -0.25) is 4.79 Å². The topological polar surface area (TPSA) is 35.5 Å². The second kappa shape index (κ2) is 7.87. The molecule has 0 aliphatic rings. The molecular formula is C18H15ClO3S. The highest BCUT2D eigenvalue weighted by atomic mass is 35.5. The first-order valence-corrected chi connectivity index (χ1v) is 7.97. The Labute approximate surface area is 144 Å². The molecule has 0 bridgehead atoms. The first-order chi connectivity index (χ1) is 11.0. The van der Waals surface area contributed by atoms with Crippen LogP contribution >= 0.6 is 22.9 Å². The Bertz CT molecular complexity index is 784. The van der Waals surface area contributed by atoms with Crippen molar-refractivity contribution in [2.45, 2.75) is 6.92 Å². The number of hydrogen-bond donors (Lipinski definition) is 0. The molecule has 23 heavy (non-hydrogen) atoms. The molecule has 0 saturated carbocycles. The Morgan fingerprint density at radius 2 is 2.22 bits per heavy atom. The number of aryl methyl sites for hydroxylation is 1. The first kappa shape index (κ1) is 17.1. The van der Waals surface area contributed by atoms with Gasteiger partial charge in [-0.15, -0.1) is 17.8 Å². The summed E-state index contributed by atoms with van der Waals surface area (Å²) >= 11 is 7.66. The van der Waals surface area contributed by atoms with E-state index in [0.29, 0.717) is 21.4 Å². The predicted octanol–water partition coefficient (Wildman–Crippen LogP) is 4.63. The molecule has 0 N–H and O–H groups in total. The lowest BCUT2D eigenvalue weighted by molar-refractivity contribution is 0.105. The number of rotatable bonds is 6. The quantitative estimate of drug-likeness (QED) is 0.434. The molecule has 2 aromatic rings. The lowest BCUT2D eigenvalue weighted by Crippen LogP contribution is -1.98. The minimum Gasteiger partial charge on any atom is -0.493 e. The summed E-state index contributed by atoms with van der Waals surface area (Å²) in [4.78, 5) is 13.9. The molecule has 0 radical (unpaired) electrons. The highest BCUT2D eigenvalue weighted by molar-refractivity contribution is 7.14. The van der Waals surface area contributed by atoms with Crippen LogP contribution in [0.5, 0.6) is 11.5 Å². The molecule has 118 valence electrons. The van der Waals surface area contributed by atoms with Gasteiger partial charge in [0.1, 0.15) is 6.61 Å². The van der Waals surface area contributed by atoms with Gasteiger partial charge in [0, 0.05) is 4.88 Å². The molecule has 0 aliphatic carbocycles. The van der Waals surface area contributed by atoms with Gasteiger partial charge >= 0.3 is 0 Å². The maximum Gasteiger partial charge on any atom is 0.195 e. The van der Waals surface area contributed by atoms with Crippen LogP contribution in [0.1, 0.15) is 20.1 Å². The molecule has 0 atom stereocenters. The summed E-state index contributed by atoms with van der Waals surface area (Å²) in [7, 11) is 1.52. The SMILES string of the molecule is C#CCOc1c(Cl)cc(/C=C/C(=O)c2ccc(C)s2)cc1OC. The van der Waals surface area contributed by atoms with Gasteiger partial charge in [-0.25, -0.2) is 0 Å². The van der Waals surface area contributed by atoms with Crippen LogP contribution < -0.4 is 9.47 Å². The lowest BCUT2D eigenvalue weighted by atomic mass is 10.1. The van der Waals surface area contributed by atoms with E-state index in [1.807, 2.05) is 19.1 Å². The van der Waals surface area contributed by atoms with Crippen LogP contribution in [0.4, 0.5) is 0 Å². The monoisotopic (exact) mass is 346 g/mol. The third kappa shape index (κ3) is 4.38. The van der Waals surface area contributed by atoms with Crippen LogP contribution in [0.2, 0.25) is 5.02 Å². The highest BCUT2D eigenvalue weighted by Gasteiger charge is 2.11. The molecule has 1 heterocycles. The number of ketones is 1. The summed E-state index contributed by atoms with van der Waals surface area (Å²) in [6, 6.07) is 7.17. The van der Waals surface area contributed by atoms with Gasteiger partial charge in [-0.1, -0.05) is 23.6 Å². The van der Waals surface area contributed by atoms with Crippen LogP contribution in [0, 0.1) is 19.3 Å². The third-order valence-corrected chi connectivity index (χ3v) is 4.26. The zero-order chi connectivity index (χ0) is 16.8. The third-order valence-electron chi connectivity index (χ3n) is 2.96. The fourth-order valence-corrected chi connectivity index (χ4v) is 2.97. The van der Waals surface area contributed by atoms with Crippen molar-refractivity contribution in [1.29, 1.82) is 0 Å². The van der Waals surface area contributed by atoms with Crippen LogP contribution in [0.3, 0.4) is 0 Å². The van der Waals surface area contributed by atoms with Gasteiger partial charge in [0.25, 0.3) is 0 Å². The second-order valence-corrected chi connectivity index (χ2v) is 6.33. The maximum absolute atomic E-state index is 12.1. The van der Waals surface area contributed by atoms with Crippen molar-refractivity contribution in [1.82, 2.24) is 0 Å². The van der Waals surface area contributed by atoms with E-state index in [9.17, 15) is 4.79 Å². The molecule has 0 amide bonds. The van der Waals surface area contributed by atoms with Crippen molar-refractivity contribution < 1.29 is 14.3 Å². The van der Waals surface area contributed by atoms with Gasteiger partial charge in [0.2, 0.25) is 0 Å². The first-order valence-electron chi connectivity index (χ1n) is 6.77. The van der Waals surface area contributed by atoms with E-state index in [4.69, 9.17) is 27.5 Å². The molecular weight excluding hydrogens is 332 g/mol. The van der Waals surface area contributed by atoms with Crippen LogP contribution in [0.25, 0.3) is 6.08 Å². The van der Waals surface area contributed by atoms with E-state index in [2.05, 4.69) is 5.92 Å². The van der Waals surface area contributed by atoms with E-state index in [-0.39, 0.29) is 12.4 Å². The van der Waals surface area contributed by atoms with E-state index in [1.165, 1.54) is 24.5 Å².